The molecule has 1 saturated heterocycles. The largest absolute Gasteiger partial charge is 0.494 e. The number of ether oxygens (including phenoxy) is 1. The molecule has 2 aromatic carbocycles. The van der Waals surface area contributed by atoms with Gasteiger partial charge in [0.25, 0.3) is 0 Å². The van der Waals surface area contributed by atoms with Crippen LogP contribution >= 0.6 is 0 Å². The quantitative estimate of drug-likeness (QED) is 0.499. The number of nitrogens with one attached hydrogen (secondary N) is 1. The maximum atomic E-state index is 13.3. The lowest BCUT2D eigenvalue weighted by molar-refractivity contribution is -0.126. The molecule has 10 heteroatoms. The molecule has 3 aromatic rings. The highest BCUT2D eigenvalue weighted by molar-refractivity contribution is 7.89. The van der Waals surface area contributed by atoms with Crippen molar-refractivity contribution in [2.75, 3.05) is 19.7 Å². The number of carbonyl (C=O) groups is 1. The Morgan fingerprint density at radius 3 is 2.71 bits per heavy atom. The zero-order valence-corrected chi connectivity index (χ0v) is 20.4. The number of nitrogens with zero attached hydrogens (tertiary/aromatic N) is 4. The van der Waals surface area contributed by atoms with Gasteiger partial charge < -0.3 is 10.1 Å². The summed E-state index contributed by atoms with van der Waals surface area (Å²) in [7, 11) is -3.74. The second kappa shape index (κ2) is 10.5. The zero-order valence-electron chi connectivity index (χ0n) is 19.6. The summed E-state index contributed by atoms with van der Waals surface area (Å²) < 4.78 is 35.3. The molecular formula is C24H31N5O4S. The number of benzene rings is 2. The van der Waals surface area contributed by atoms with Crippen molar-refractivity contribution in [3.8, 4) is 5.75 Å². The molecule has 1 aromatic heterocycles. The van der Waals surface area contributed by atoms with Crippen molar-refractivity contribution in [2.45, 2.75) is 51.1 Å². The van der Waals surface area contributed by atoms with Crippen LogP contribution in [0.5, 0.6) is 5.75 Å². The van der Waals surface area contributed by atoms with Gasteiger partial charge in [-0.3, -0.25) is 4.79 Å². The van der Waals surface area contributed by atoms with Gasteiger partial charge in [-0.1, -0.05) is 24.3 Å². The monoisotopic (exact) mass is 485 g/mol. The van der Waals surface area contributed by atoms with E-state index in [1.165, 1.54) is 4.31 Å². The van der Waals surface area contributed by atoms with Crippen molar-refractivity contribution in [3.05, 3.63) is 48.0 Å². The van der Waals surface area contributed by atoms with E-state index in [4.69, 9.17) is 4.74 Å². The molecular weight excluding hydrogens is 454 g/mol. The topological polar surface area (TPSA) is 106 Å². The first-order valence-electron chi connectivity index (χ1n) is 11.7. The Morgan fingerprint density at radius 2 is 1.97 bits per heavy atom. The van der Waals surface area contributed by atoms with Crippen molar-refractivity contribution >= 4 is 27.0 Å². The van der Waals surface area contributed by atoms with Gasteiger partial charge in [0.2, 0.25) is 15.9 Å². The normalized spacial score (nSPS) is 17.1. The summed E-state index contributed by atoms with van der Waals surface area (Å²) in [6.07, 6.45) is 2.20. The van der Waals surface area contributed by atoms with E-state index in [9.17, 15) is 13.2 Å². The molecule has 1 atom stereocenters. The third kappa shape index (κ3) is 5.23. The summed E-state index contributed by atoms with van der Waals surface area (Å²) in [6.45, 7) is 6.25. The van der Waals surface area contributed by atoms with Crippen LogP contribution in [0.1, 0.15) is 38.7 Å². The average molecular weight is 486 g/mol. The van der Waals surface area contributed by atoms with Crippen LogP contribution in [0, 0.1) is 5.92 Å². The Kier molecular flexibility index (Phi) is 7.47. The Morgan fingerprint density at radius 1 is 1.18 bits per heavy atom. The lowest BCUT2D eigenvalue weighted by Crippen LogP contribution is -2.45. The van der Waals surface area contributed by atoms with Crippen LogP contribution in [-0.2, 0) is 27.9 Å². The van der Waals surface area contributed by atoms with E-state index in [-0.39, 0.29) is 23.3 Å². The maximum absolute atomic E-state index is 13.3. The maximum Gasteiger partial charge on any atom is 0.243 e. The van der Waals surface area contributed by atoms with Crippen molar-refractivity contribution in [2.24, 2.45) is 5.92 Å². The van der Waals surface area contributed by atoms with Crippen LogP contribution < -0.4 is 10.1 Å². The fourth-order valence-corrected chi connectivity index (χ4v) is 5.76. The van der Waals surface area contributed by atoms with E-state index in [1.54, 1.807) is 22.9 Å². The number of aryl methyl sites for hydroxylation is 1. The van der Waals surface area contributed by atoms with E-state index in [0.29, 0.717) is 38.1 Å². The minimum absolute atomic E-state index is 0.133. The molecule has 0 spiro atoms. The Bertz CT molecular complexity index is 1240. The zero-order chi connectivity index (χ0) is 24.1. The van der Waals surface area contributed by atoms with Crippen molar-refractivity contribution in [3.63, 3.8) is 0 Å². The lowest BCUT2D eigenvalue weighted by Gasteiger charge is -2.31. The second-order valence-corrected chi connectivity index (χ2v) is 10.4. The number of rotatable bonds is 9. The summed E-state index contributed by atoms with van der Waals surface area (Å²) in [5.41, 5.74) is 2.32. The standard InChI is InChI=1S/C24H31N5O4S/c1-3-13-29-23-12-11-21(15-22(23)26-27-29)34(31,32)28-14-5-6-19(17-28)24(30)25-16-18-7-9-20(10-8-18)33-4-2/h7-12,15,19H,3-6,13-14,16-17H2,1-2H3,(H,25,30). The summed E-state index contributed by atoms with van der Waals surface area (Å²) in [6, 6.07) is 12.5. The van der Waals surface area contributed by atoms with Gasteiger partial charge >= 0.3 is 0 Å². The fraction of sp³-hybridized carbons (Fsp3) is 0.458. The molecule has 182 valence electrons. The SMILES string of the molecule is CCCn1nnc2cc(S(=O)(=O)N3CCCC(C(=O)NCc4ccc(OCC)cc4)C3)ccc21. The smallest absolute Gasteiger partial charge is 0.243 e. The first-order chi connectivity index (χ1) is 16.4. The van der Waals surface area contributed by atoms with Crippen LogP contribution in [0.4, 0.5) is 0 Å². The third-order valence-electron chi connectivity index (χ3n) is 6.01. The number of fused-ring (bicyclic) bond motifs is 1. The summed E-state index contributed by atoms with van der Waals surface area (Å²) in [5.74, 6) is 0.268. The van der Waals surface area contributed by atoms with E-state index >= 15 is 0 Å². The Balaban J connectivity index is 1.41. The Labute approximate surface area is 200 Å². The highest BCUT2D eigenvalue weighted by atomic mass is 32.2. The molecule has 0 bridgehead atoms. The molecule has 34 heavy (non-hydrogen) atoms. The van der Waals surface area contributed by atoms with E-state index in [2.05, 4.69) is 15.6 Å². The molecule has 1 aliphatic heterocycles. The third-order valence-corrected chi connectivity index (χ3v) is 7.88. The van der Waals surface area contributed by atoms with Crippen LogP contribution in [-0.4, -0.2) is 53.3 Å². The van der Waals surface area contributed by atoms with Gasteiger partial charge in [-0.05, 0) is 62.1 Å². The van der Waals surface area contributed by atoms with Crippen LogP contribution in [0.15, 0.2) is 47.4 Å². The molecule has 2 heterocycles. The number of sulfonamides is 1. The summed E-state index contributed by atoms with van der Waals surface area (Å²) >= 11 is 0. The lowest BCUT2D eigenvalue weighted by atomic mass is 9.99. The van der Waals surface area contributed by atoms with E-state index in [0.717, 1.165) is 29.8 Å². The number of hydrogen-bond donors (Lipinski definition) is 1. The van der Waals surface area contributed by atoms with E-state index < -0.39 is 10.0 Å². The number of piperidine rings is 1. The molecule has 1 unspecified atom stereocenters. The molecule has 1 aliphatic rings. The van der Waals surface area contributed by atoms with Crippen molar-refractivity contribution < 1.29 is 17.9 Å². The summed E-state index contributed by atoms with van der Waals surface area (Å²) in [4.78, 5) is 13.0. The number of carbonyl (C=O) groups excluding carboxylic acids is 1. The Hall–Kier alpha value is -2.98. The minimum Gasteiger partial charge on any atom is -0.494 e. The average Bonchev–Trinajstić information content (AvgIpc) is 3.26. The van der Waals surface area contributed by atoms with Gasteiger partial charge in [0, 0.05) is 26.2 Å². The van der Waals surface area contributed by atoms with Gasteiger partial charge in [-0.2, -0.15) is 4.31 Å². The molecule has 1 N–H and O–H groups in total. The van der Waals surface area contributed by atoms with Gasteiger partial charge in [0.15, 0.2) is 0 Å². The number of hydrogen-bond acceptors (Lipinski definition) is 6. The van der Waals surface area contributed by atoms with Crippen LogP contribution in [0.2, 0.25) is 0 Å². The van der Waals surface area contributed by atoms with Crippen molar-refractivity contribution in [1.29, 1.82) is 0 Å². The highest BCUT2D eigenvalue weighted by Crippen LogP contribution is 2.26. The predicted octanol–water partition coefficient (Wildman–Crippen LogP) is 2.96. The van der Waals surface area contributed by atoms with Gasteiger partial charge in [0.05, 0.1) is 22.9 Å². The highest BCUT2D eigenvalue weighted by Gasteiger charge is 2.33. The van der Waals surface area contributed by atoms with Gasteiger partial charge in [-0.15, -0.1) is 5.10 Å². The predicted molar refractivity (Wildman–Crippen MR) is 129 cm³/mol. The minimum atomic E-state index is -3.74. The van der Waals surface area contributed by atoms with Crippen LogP contribution in [0.25, 0.3) is 11.0 Å². The van der Waals surface area contributed by atoms with E-state index in [1.807, 2.05) is 38.1 Å². The van der Waals surface area contributed by atoms with Gasteiger partial charge in [0.1, 0.15) is 11.3 Å². The molecule has 1 fully saturated rings. The van der Waals surface area contributed by atoms with Gasteiger partial charge in [-0.25, -0.2) is 13.1 Å². The number of aromatic nitrogens is 3. The van der Waals surface area contributed by atoms with Crippen molar-refractivity contribution in [1.82, 2.24) is 24.6 Å². The molecule has 0 saturated carbocycles. The summed E-state index contributed by atoms with van der Waals surface area (Å²) in [5, 5.41) is 11.2. The first-order valence-corrected chi connectivity index (χ1v) is 13.2. The molecule has 0 radical (unpaired) electrons. The number of amides is 1. The first kappa shape index (κ1) is 24.2. The molecule has 1 amide bonds. The van der Waals surface area contributed by atoms with Crippen LogP contribution in [0.3, 0.4) is 0 Å². The molecule has 9 nitrogen and oxygen atoms in total. The molecule has 0 aliphatic carbocycles. The fourth-order valence-electron chi connectivity index (χ4n) is 4.22. The second-order valence-electron chi connectivity index (χ2n) is 8.46. The molecule has 4 rings (SSSR count).